The molecule has 0 radical (unpaired) electrons. The summed E-state index contributed by atoms with van der Waals surface area (Å²) in [6.07, 6.45) is 2.05. The molecule has 0 saturated carbocycles. The van der Waals surface area contributed by atoms with Crippen LogP contribution in [-0.4, -0.2) is 35.6 Å². The lowest BCUT2D eigenvalue weighted by Crippen LogP contribution is -2.49. The molecule has 1 fully saturated rings. The molecule has 4 heteroatoms. The Morgan fingerprint density at radius 1 is 1.53 bits per heavy atom. The predicted molar refractivity (Wildman–Crippen MR) is 73.6 cm³/mol. The second-order valence-electron chi connectivity index (χ2n) is 5.89. The van der Waals surface area contributed by atoms with Gasteiger partial charge in [-0.2, -0.15) is 0 Å². The smallest absolute Gasteiger partial charge is 0.107 e. The van der Waals surface area contributed by atoms with E-state index in [1.807, 2.05) is 17.5 Å². The van der Waals surface area contributed by atoms with Gasteiger partial charge in [0.25, 0.3) is 0 Å². The molecule has 96 valence electrons. The third kappa shape index (κ3) is 3.27. The summed E-state index contributed by atoms with van der Waals surface area (Å²) < 4.78 is 0. The number of hydrogen-bond donors (Lipinski definition) is 1. The molecule has 17 heavy (non-hydrogen) atoms. The van der Waals surface area contributed by atoms with Crippen LogP contribution in [0.4, 0.5) is 0 Å². The molecule has 0 bridgehead atoms. The quantitative estimate of drug-likeness (QED) is 0.876. The van der Waals surface area contributed by atoms with Gasteiger partial charge in [0.15, 0.2) is 0 Å². The Kier molecular flexibility index (Phi) is 3.85. The standard InChI is InChI=1S/C13H23N3S/c1-10-7-14-5-6-16(10)9-12-15-8-11(17-12)13(2,3)4/h8,10,14H,5-7,9H2,1-4H3. The molecule has 1 N–H and O–H groups in total. The molecule has 3 nitrogen and oxygen atoms in total. The molecule has 0 aromatic carbocycles. The molecule has 0 spiro atoms. The summed E-state index contributed by atoms with van der Waals surface area (Å²) in [5.41, 5.74) is 0.227. The molecule has 1 saturated heterocycles. The summed E-state index contributed by atoms with van der Waals surface area (Å²) in [6.45, 7) is 13.4. The Morgan fingerprint density at radius 3 is 2.88 bits per heavy atom. The molecule has 1 atom stereocenters. The molecule has 2 rings (SSSR count). The van der Waals surface area contributed by atoms with Crippen LogP contribution >= 0.6 is 11.3 Å². The van der Waals surface area contributed by atoms with Crippen molar-refractivity contribution in [2.75, 3.05) is 19.6 Å². The van der Waals surface area contributed by atoms with Gasteiger partial charge in [-0.15, -0.1) is 11.3 Å². The third-order valence-electron chi connectivity index (χ3n) is 3.27. The monoisotopic (exact) mass is 253 g/mol. The minimum atomic E-state index is 0.227. The molecule has 1 aromatic heterocycles. The highest BCUT2D eigenvalue weighted by Crippen LogP contribution is 2.28. The average Bonchev–Trinajstić information content (AvgIpc) is 2.69. The van der Waals surface area contributed by atoms with E-state index in [2.05, 4.69) is 42.9 Å². The van der Waals surface area contributed by atoms with E-state index in [0.717, 1.165) is 26.2 Å². The zero-order valence-corrected chi connectivity index (χ0v) is 12.1. The highest BCUT2D eigenvalue weighted by atomic mass is 32.1. The number of nitrogens with one attached hydrogen (secondary N) is 1. The minimum absolute atomic E-state index is 0.227. The Labute approximate surface area is 108 Å². The van der Waals surface area contributed by atoms with Gasteiger partial charge < -0.3 is 5.32 Å². The molecule has 1 aliphatic heterocycles. The Balaban J connectivity index is 2.01. The van der Waals surface area contributed by atoms with E-state index in [1.165, 1.54) is 9.88 Å². The Morgan fingerprint density at radius 2 is 2.29 bits per heavy atom. The van der Waals surface area contributed by atoms with E-state index in [0.29, 0.717) is 6.04 Å². The van der Waals surface area contributed by atoms with Gasteiger partial charge in [0.1, 0.15) is 5.01 Å². The highest BCUT2D eigenvalue weighted by molar-refractivity contribution is 7.11. The number of nitrogens with zero attached hydrogens (tertiary/aromatic N) is 2. The van der Waals surface area contributed by atoms with Crippen molar-refractivity contribution in [1.29, 1.82) is 0 Å². The lowest BCUT2D eigenvalue weighted by atomic mass is 9.96. The summed E-state index contributed by atoms with van der Waals surface area (Å²) in [4.78, 5) is 8.47. The van der Waals surface area contributed by atoms with Crippen molar-refractivity contribution in [3.63, 3.8) is 0 Å². The summed E-state index contributed by atoms with van der Waals surface area (Å²) in [5, 5.41) is 4.67. The third-order valence-corrected chi connectivity index (χ3v) is 4.68. The van der Waals surface area contributed by atoms with Gasteiger partial charge in [-0.1, -0.05) is 20.8 Å². The molecule has 1 unspecified atom stereocenters. The maximum Gasteiger partial charge on any atom is 0.107 e. The van der Waals surface area contributed by atoms with E-state index in [1.54, 1.807) is 0 Å². The summed E-state index contributed by atoms with van der Waals surface area (Å²) in [6, 6.07) is 0.616. The van der Waals surface area contributed by atoms with Gasteiger partial charge in [0, 0.05) is 36.8 Å². The van der Waals surface area contributed by atoms with E-state index in [-0.39, 0.29) is 5.41 Å². The lowest BCUT2D eigenvalue weighted by Gasteiger charge is -2.33. The van der Waals surface area contributed by atoms with Crippen LogP contribution in [0.15, 0.2) is 6.20 Å². The largest absolute Gasteiger partial charge is 0.314 e. The van der Waals surface area contributed by atoms with Crippen LogP contribution in [0, 0.1) is 0 Å². The number of hydrogen-bond acceptors (Lipinski definition) is 4. The molecule has 0 amide bonds. The fourth-order valence-electron chi connectivity index (χ4n) is 2.02. The molecule has 1 aliphatic rings. The van der Waals surface area contributed by atoms with Crippen LogP contribution < -0.4 is 5.32 Å². The van der Waals surface area contributed by atoms with Crippen molar-refractivity contribution in [3.8, 4) is 0 Å². The van der Waals surface area contributed by atoms with Crippen molar-refractivity contribution in [2.45, 2.75) is 45.7 Å². The first kappa shape index (κ1) is 13.0. The predicted octanol–water partition coefficient (Wildman–Crippen LogP) is 2.23. The Bertz CT molecular complexity index is 367. The van der Waals surface area contributed by atoms with Crippen molar-refractivity contribution >= 4 is 11.3 Å². The van der Waals surface area contributed by atoms with Gasteiger partial charge in [0.2, 0.25) is 0 Å². The zero-order valence-electron chi connectivity index (χ0n) is 11.3. The zero-order chi connectivity index (χ0) is 12.5. The van der Waals surface area contributed by atoms with E-state index in [9.17, 15) is 0 Å². The van der Waals surface area contributed by atoms with Crippen LogP contribution in [-0.2, 0) is 12.0 Å². The topological polar surface area (TPSA) is 28.2 Å². The van der Waals surface area contributed by atoms with Gasteiger partial charge in [-0.05, 0) is 12.3 Å². The number of piperazine rings is 1. The number of aromatic nitrogens is 1. The average molecular weight is 253 g/mol. The number of thiazole rings is 1. The fraction of sp³-hybridized carbons (Fsp3) is 0.769. The van der Waals surface area contributed by atoms with Crippen molar-refractivity contribution in [2.24, 2.45) is 0 Å². The van der Waals surface area contributed by atoms with Gasteiger partial charge in [-0.25, -0.2) is 4.98 Å². The van der Waals surface area contributed by atoms with Crippen LogP contribution in [0.25, 0.3) is 0 Å². The maximum absolute atomic E-state index is 4.57. The maximum atomic E-state index is 4.57. The first-order valence-corrected chi connectivity index (χ1v) is 7.18. The summed E-state index contributed by atoms with van der Waals surface area (Å²) >= 11 is 1.86. The van der Waals surface area contributed by atoms with Crippen molar-refractivity contribution < 1.29 is 0 Å². The second kappa shape index (κ2) is 5.04. The SMILES string of the molecule is CC1CNCCN1Cc1ncc(C(C)(C)C)s1. The number of rotatable bonds is 2. The normalized spacial score (nSPS) is 22.9. The molecule has 2 heterocycles. The van der Waals surface area contributed by atoms with E-state index >= 15 is 0 Å². The molecule has 0 aliphatic carbocycles. The van der Waals surface area contributed by atoms with Crippen LogP contribution in [0.2, 0.25) is 0 Å². The lowest BCUT2D eigenvalue weighted by molar-refractivity contribution is 0.165. The first-order valence-electron chi connectivity index (χ1n) is 6.37. The van der Waals surface area contributed by atoms with Crippen molar-refractivity contribution in [1.82, 2.24) is 15.2 Å². The van der Waals surface area contributed by atoms with Gasteiger partial charge >= 0.3 is 0 Å². The van der Waals surface area contributed by atoms with Gasteiger partial charge in [-0.3, -0.25) is 4.90 Å². The van der Waals surface area contributed by atoms with E-state index in [4.69, 9.17) is 0 Å². The van der Waals surface area contributed by atoms with Gasteiger partial charge in [0.05, 0.1) is 6.54 Å². The van der Waals surface area contributed by atoms with E-state index < -0.39 is 0 Å². The summed E-state index contributed by atoms with van der Waals surface area (Å²) in [5.74, 6) is 0. The van der Waals surface area contributed by atoms with Crippen LogP contribution in [0.3, 0.4) is 0 Å². The fourth-order valence-corrected chi connectivity index (χ4v) is 3.02. The van der Waals surface area contributed by atoms with Crippen LogP contribution in [0.5, 0.6) is 0 Å². The first-order chi connectivity index (χ1) is 7.97. The molecular weight excluding hydrogens is 230 g/mol. The minimum Gasteiger partial charge on any atom is -0.314 e. The molecular formula is C13H23N3S. The molecule has 1 aromatic rings. The van der Waals surface area contributed by atoms with Crippen LogP contribution in [0.1, 0.15) is 37.6 Å². The highest BCUT2D eigenvalue weighted by Gasteiger charge is 2.21. The summed E-state index contributed by atoms with van der Waals surface area (Å²) in [7, 11) is 0. The Hall–Kier alpha value is -0.450. The second-order valence-corrected chi connectivity index (χ2v) is 7.01. The van der Waals surface area contributed by atoms with Crippen molar-refractivity contribution in [3.05, 3.63) is 16.1 Å².